The van der Waals surface area contributed by atoms with E-state index in [4.69, 9.17) is 4.74 Å². The zero-order valence-corrected chi connectivity index (χ0v) is 14.2. The fourth-order valence-electron chi connectivity index (χ4n) is 2.74. The van der Waals surface area contributed by atoms with E-state index in [0.29, 0.717) is 12.8 Å². The third-order valence-corrected chi connectivity index (χ3v) is 3.91. The number of hydrogen-bond acceptors (Lipinski definition) is 3. The van der Waals surface area contributed by atoms with Crippen molar-refractivity contribution in [2.75, 3.05) is 12.4 Å². The molecule has 1 amide bonds. The van der Waals surface area contributed by atoms with Gasteiger partial charge in [0.1, 0.15) is 0 Å². The van der Waals surface area contributed by atoms with Gasteiger partial charge >= 0.3 is 0 Å². The maximum absolute atomic E-state index is 12.2. The zero-order chi connectivity index (χ0) is 16.6. The summed E-state index contributed by atoms with van der Waals surface area (Å²) in [5.41, 5.74) is 0.852. The highest BCUT2D eigenvalue weighted by atomic mass is 16.5. The number of carbonyl (C=O) groups is 1. The molecule has 0 radical (unpaired) electrons. The second kappa shape index (κ2) is 8.91. The first-order chi connectivity index (χ1) is 10.4. The summed E-state index contributed by atoms with van der Waals surface area (Å²) in [7, 11) is 1.66. The van der Waals surface area contributed by atoms with E-state index in [9.17, 15) is 9.90 Å². The van der Waals surface area contributed by atoms with E-state index in [0.717, 1.165) is 24.1 Å². The quantitative estimate of drug-likeness (QED) is 0.723. The summed E-state index contributed by atoms with van der Waals surface area (Å²) in [6, 6.07) is 7.62. The van der Waals surface area contributed by atoms with E-state index in [1.165, 1.54) is 0 Å². The van der Waals surface area contributed by atoms with Crippen LogP contribution in [0.2, 0.25) is 0 Å². The Morgan fingerprint density at radius 3 is 2.50 bits per heavy atom. The van der Waals surface area contributed by atoms with Crippen LogP contribution in [0.1, 0.15) is 64.5 Å². The van der Waals surface area contributed by atoms with Gasteiger partial charge in [-0.2, -0.15) is 0 Å². The van der Waals surface area contributed by atoms with Crippen LogP contribution in [0, 0.1) is 0 Å². The summed E-state index contributed by atoms with van der Waals surface area (Å²) in [5.74, 6) is -0.147. The molecular formula is C18H29NO3. The van der Waals surface area contributed by atoms with Gasteiger partial charge in [0.25, 0.3) is 0 Å². The highest BCUT2D eigenvalue weighted by molar-refractivity contribution is 5.91. The Kier molecular flexibility index (Phi) is 7.56. The van der Waals surface area contributed by atoms with Gasteiger partial charge in [-0.3, -0.25) is 4.79 Å². The number of amides is 1. The molecule has 0 fully saturated rings. The predicted octanol–water partition coefficient (Wildman–Crippen LogP) is 4.05. The van der Waals surface area contributed by atoms with Gasteiger partial charge in [0.2, 0.25) is 5.91 Å². The zero-order valence-electron chi connectivity index (χ0n) is 14.2. The van der Waals surface area contributed by atoms with Crippen molar-refractivity contribution in [1.82, 2.24) is 0 Å². The lowest BCUT2D eigenvalue weighted by atomic mass is 9.89. The van der Waals surface area contributed by atoms with Gasteiger partial charge in [-0.15, -0.1) is 0 Å². The smallest absolute Gasteiger partial charge is 0.227 e. The van der Waals surface area contributed by atoms with Crippen LogP contribution in [-0.2, 0) is 9.53 Å². The summed E-state index contributed by atoms with van der Waals surface area (Å²) in [6.45, 7) is 6.00. The van der Waals surface area contributed by atoms with Crippen molar-refractivity contribution in [2.24, 2.45) is 0 Å². The Morgan fingerprint density at radius 1 is 1.32 bits per heavy atom. The lowest BCUT2D eigenvalue weighted by molar-refractivity contribution is -0.121. The first-order valence-electron chi connectivity index (χ1n) is 8.09. The second-order valence-electron chi connectivity index (χ2n) is 5.95. The maximum Gasteiger partial charge on any atom is 0.227 e. The molecule has 0 bridgehead atoms. The minimum absolute atomic E-state index is 0.0195. The number of carbonyl (C=O) groups excluding carboxylic acids is 1. The van der Waals surface area contributed by atoms with Gasteiger partial charge in [-0.05, 0) is 37.5 Å². The monoisotopic (exact) mass is 307 g/mol. The molecular weight excluding hydrogens is 278 g/mol. The molecule has 0 spiro atoms. The maximum atomic E-state index is 12.2. The SMILES string of the molecule is CCCC(O)(CCC)CC(=O)Nc1cccc(C(C)OC)c1. The average molecular weight is 307 g/mol. The number of hydrogen-bond donors (Lipinski definition) is 2. The summed E-state index contributed by atoms with van der Waals surface area (Å²) < 4.78 is 5.29. The summed E-state index contributed by atoms with van der Waals surface area (Å²) in [4.78, 5) is 12.2. The Labute approximate surface area is 133 Å². The Balaban J connectivity index is 2.71. The van der Waals surface area contributed by atoms with E-state index in [-0.39, 0.29) is 18.4 Å². The van der Waals surface area contributed by atoms with Gasteiger partial charge in [-0.1, -0.05) is 38.8 Å². The average Bonchev–Trinajstić information content (AvgIpc) is 2.46. The molecule has 4 heteroatoms. The minimum atomic E-state index is -0.898. The molecule has 0 heterocycles. The first-order valence-corrected chi connectivity index (χ1v) is 8.09. The van der Waals surface area contributed by atoms with E-state index in [1.54, 1.807) is 7.11 Å². The third-order valence-electron chi connectivity index (χ3n) is 3.91. The molecule has 124 valence electrons. The predicted molar refractivity (Wildman–Crippen MR) is 89.9 cm³/mol. The number of nitrogens with one attached hydrogen (secondary N) is 1. The molecule has 1 rings (SSSR count). The van der Waals surface area contributed by atoms with Crippen molar-refractivity contribution in [3.05, 3.63) is 29.8 Å². The number of ether oxygens (including phenoxy) is 1. The van der Waals surface area contributed by atoms with E-state index >= 15 is 0 Å². The molecule has 1 atom stereocenters. The Hall–Kier alpha value is -1.39. The van der Waals surface area contributed by atoms with Crippen molar-refractivity contribution in [3.63, 3.8) is 0 Å². The molecule has 0 aliphatic heterocycles. The van der Waals surface area contributed by atoms with Crippen molar-refractivity contribution >= 4 is 11.6 Å². The Morgan fingerprint density at radius 2 is 1.95 bits per heavy atom. The van der Waals surface area contributed by atoms with Crippen LogP contribution < -0.4 is 5.32 Å². The molecule has 0 aliphatic rings. The number of methoxy groups -OCH3 is 1. The van der Waals surface area contributed by atoms with Gasteiger partial charge in [0.15, 0.2) is 0 Å². The van der Waals surface area contributed by atoms with E-state index < -0.39 is 5.60 Å². The number of aliphatic hydroxyl groups is 1. The third kappa shape index (κ3) is 5.78. The molecule has 0 aromatic heterocycles. The van der Waals surface area contributed by atoms with E-state index in [1.807, 2.05) is 45.0 Å². The van der Waals surface area contributed by atoms with Crippen LogP contribution in [0.15, 0.2) is 24.3 Å². The van der Waals surface area contributed by atoms with Crippen LogP contribution >= 0.6 is 0 Å². The lowest BCUT2D eigenvalue weighted by Crippen LogP contribution is -2.33. The highest BCUT2D eigenvalue weighted by Crippen LogP contribution is 2.25. The van der Waals surface area contributed by atoms with Gasteiger partial charge in [0, 0.05) is 12.8 Å². The topological polar surface area (TPSA) is 58.6 Å². The van der Waals surface area contributed by atoms with Crippen LogP contribution in [0.4, 0.5) is 5.69 Å². The molecule has 0 saturated carbocycles. The summed E-state index contributed by atoms with van der Waals surface area (Å²) in [6.07, 6.45) is 3.15. The molecule has 22 heavy (non-hydrogen) atoms. The normalized spacial score (nSPS) is 13.0. The van der Waals surface area contributed by atoms with Crippen LogP contribution in [0.5, 0.6) is 0 Å². The van der Waals surface area contributed by atoms with Crippen LogP contribution in [0.3, 0.4) is 0 Å². The Bertz CT molecular complexity index is 467. The molecule has 4 nitrogen and oxygen atoms in total. The van der Waals surface area contributed by atoms with Crippen molar-refractivity contribution < 1.29 is 14.6 Å². The minimum Gasteiger partial charge on any atom is -0.389 e. The number of rotatable bonds is 9. The largest absolute Gasteiger partial charge is 0.389 e. The fraction of sp³-hybridized carbons (Fsp3) is 0.611. The fourth-order valence-corrected chi connectivity index (χ4v) is 2.74. The van der Waals surface area contributed by atoms with Gasteiger partial charge in [0.05, 0.1) is 18.1 Å². The standard InChI is InChI=1S/C18H29NO3/c1-5-10-18(21,11-6-2)13-17(20)19-16-9-7-8-15(12-16)14(3)22-4/h7-9,12,14,21H,5-6,10-11,13H2,1-4H3,(H,19,20). The molecule has 1 unspecified atom stereocenters. The first kappa shape index (κ1) is 18.7. The van der Waals surface area contributed by atoms with Gasteiger partial charge in [-0.25, -0.2) is 0 Å². The highest BCUT2D eigenvalue weighted by Gasteiger charge is 2.28. The van der Waals surface area contributed by atoms with E-state index in [2.05, 4.69) is 5.32 Å². The number of anilines is 1. The van der Waals surface area contributed by atoms with Crippen molar-refractivity contribution in [3.8, 4) is 0 Å². The summed E-state index contributed by atoms with van der Waals surface area (Å²) in [5, 5.41) is 13.4. The van der Waals surface area contributed by atoms with Crippen LogP contribution in [-0.4, -0.2) is 23.7 Å². The lowest BCUT2D eigenvalue weighted by Gasteiger charge is -2.26. The number of benzene rings is 1. The second-order valence-corrected chi connectivity index (χ2v) is 5.95. The molecule has 1 aromatic rings. The van der Waals surface area contributed by atoms with Crippen molar-refractivity contribution in [1.29, 1.82) is 0 Å². The van der Waals surface area contributed by atoms with Crippen LogP contribution in [0.25, 0.3) is 0 Å². The molecule has 0 aliphatic carbocycles. The van der Waals surface area contributed by atoms with Crippen molar-refractivity contribution in [2.45, 2.75) is 64.6 Å². The molecule has 0 saturated heterocycles. The van der Waals surface area contributed by atoms with Gasteiger partial charge < -0.3 is 15.2 Å². The molecule has 2 N–H and O–H groups in total. The summed E-state index contributed by atoms with van der Waals surface area (Å²) >= 11 is 0. The molecule has 1 aromatic carbocycles.